The zero-order valence-corrected chi connectivity index (χ0v) is 13.2. The summed E-state index contributed by atoms with van der Waals surface area (Å²) in [5.74, 6) is -0.401. The number of allylic oxidation sites excluding steroid dienone is 1. The molecule has 0 unspecified atom stereocenters. The number of urea groups is 1. The van der Waals surface area contributed by atoms with Crippen LogP contribution in [0.5, 0.6) is 5.75 Å². The van der Waals surface area contributed by atoms with Gasteiger partial charge in [-0.3, -0.25) is 9.69 Å². The van der Waals surface area contributed by atoms with Gasteiger partial charge in [-0.15, -0.1) is 0 Å². The predicted octanol–water partition coefficient (Wildman–Crippen LogP) is 3.10. The number of aromatic hydroxyl groups is 1. The molecule has 2 aliphatic heterocycles. The monoisotopic (exact) mass is 404 g/mol. The Hall–Kier alpha value is -1.28. The molecule has 0 radical (unpaired) electrons. The lowest BCUT2D eigenvalue weighted by molar-refractivity contribution is -0.114. The average molecular weight is 405 g/mol. The number of hydrogen-bond acceptors (Lipinski definition) is 3. The lowest BCUT2D eigenvalue weighted by Gasteiger charge is -2.19. The van der Waals surface area contributed by atoms with Crippen molar-refractivity contribution in [1.82, 2.24) is 4.90 Å². The second-order valence-corrected chi connectivity index (χ2v) is 6.13. The molecule has 3 amide bonds. The average Bonchev–Trinajstić information content (AvgIpc) is 2.68. The smallest absolute Gasteiger partial charge is 0.336 e. The van der Waals surface area contributed by atoms with Crippen LogP contribution in [0.25, 0.3) is 0 Å². The number of hydrogen-bond donors (Lipinski definition) is 1. The number of phenols is 1. The fraction of sp³-hybridized carbons (Fsp3) is 0.231. The molecule has 0 bridgehead atoms. The maximum Gasteiger partial charge on any atom is 0.336 e. The summed E-state index contributed by atoms with van der Waals surface area (Å²) in [7, 11) is 0. The van der Waals surface area contributed by atoms with Crippen molar-refractivity contribution in [3.8, 4) is 5.75 Å². The zero-order valence-electron chi connectivity index (χ0n) is 10.3. The summed E-state index contributed by atoms with van der Waals surface area (Å²) >= 11 is 8.04. The summed E-state index contributed by atoms with van der Waals surface area (Å²) in [5, 5.41) is 10.0. The highest BCUT2D eigenvalue weighted by Gasteiger charge is 2.43. The van der Waals surface area contributed by atoms with Gasteiger partial charge in [0.05, 0.1) is 14.3 Å². The second-order valence-electron chi connectivity index (χ2n) is 4.56. The lowest BCUT2D eigenvalue weighted by Crippen LogP contribution is -2.33. The standard InChI is InChI=1S/C13H10ClIN2O3/c14-7-5-8(15)11(18)6-10(7)17-12(19)9-3-1-2-4-16(9)13(17)20/h3,5-6,18H,1-2,4H2. The van der Waals surface area contributed by atoms with Gasteiger partial charge in [0.2, 0.25) is 0 Å². The first-order valence-electron chi connectivity index (χ1n) is 6.05. The molecule has 1 saturated heterocycles. The molecule has 1 aromatic carbocycles. The van der Waals surface area contributed by atoms with Gasteiger partial charge in [0, 0.05) is 12.6 Å². The van der Waals surface area contributed by atoms with Crippen molar-refractivity contribution >= 4 is 51.8 Å². The summed E-state index contributed by atoms with van der Waals surface area (Å²) in [4.78, 5) is 27.2. The van der Waals surface area contributed by atoms with Gasteiger partial charge >= 0.3 is 6.03 Å². The highest BCUT2D eigenvalue weighted by molar-refractivity contribution is 14.1. The quantitative estimate of drug-likeness (QED) is 0.578. The molecule has 0 saturated carbocycles. The number of anilines is 1. The maximum absolute atomic E-state index is 12.4. The fourth-order valence-corrected chi connectivity index (χ4v) is 3.25. The first-order chi connectivity index (χ1) is 9.50. The van der Waals surface area contributed by atoms with Gasteiger partial charge in [-0.1, -0.05) is 17.7 Å². The van der Waals surface area contributed by atoms with Gasteiger partial charge in [-0.25, -0.2) is 9.69 Å². The highest BCUT2D eigenvalue weighted by atomic mass is 127. The summed E-state index contributed by atoms with van der Waals surface area (Å²) in [5.41, 5.74) is 0.616. The first kappa shape index (κ1) is 13.7. The minimum atomic E-state index is -0.413. The van der Waals surface area contributed by atoms with Crippen LogP contribution in [0.15, 0.2) is 23.9 Å². The number of rotatable bonds is 1. The minimum absolute atomic E-state index is 0.00977. The molecule has 3 rings (SSSR count). The molecular formula is C13H10ClIN2O3. The predicted molar refractivity (Wildman–Crippen MR) is 82.7 cm³/mol. The van der Waals surface area contributed by atoms with Gasteiger partial charge in [0.25, 0.3) is 5.91 Å². The molecule has 1 aromatic rings. The number of carbonyl (C=O) groups excluding carboxylic acids is 2. The number of phenolic OH excluding ortho intramolecular Hbond substituents is 1. The zero-order chi connectivity index (χ0) is 14.4. The third-order valence-electron chi connectivity index (χ3n) is 3.32. The number of amides is 3. The third kappa shape index (κ3) is 1.98. The van der Waals surface area contributed by atoms with Crippen molar-refractivity contribution in [2.45, 2.75) is 12.8 Å². The van der Waals surface area contributed by atoms with Crippen molar-refractivity contribution in [2.75, 3.05) is 11.4 Å². The van der Waals surface area contributed by atoms with Crippen LogP contribution in [-0.2, 0) is 4.79 Å². The van der Waals surface area contributed by atoms with Crippen molar-refractivity contribution in [3.05, 3.63) is 32.5 Å². The Balaban J connectivity index is 2.09. The van der Waals surface area contributed by atoms with Crippen LogP contribution in [0.4, 0.5) is 10.5 Å². The van der Waals surface area contributed by atoms with Crippen LogP contribution >= 0.6 is 34.2 Å². The van der Waals surface area contributed by atoms with Gasteiger partial charge in [-0.05, 0) is 41.5 Å². The number of imide groups is 1. The van der Waals surface area contributed by atoms with Gasteiger partial charge in [0.15, 0.2) is 0 Å². The number of fused-ring (bicyclic) bond motifs is 1. The number of halogens is 2. The summed E-state index contributed by atoms with van der Waals surface area (Å²) in [6, 6.07) is 2.46. The van der Waals surface area contributed by atoms with E-state index < -0.39 is 11.9 Å². The molecule has 2 aliphatic rings. The van der Waals surface area contributed by atoms with Crippen molar-refractivity contribution in [1.29, 1.82) is 0 Å². The van der Waals surface area contributed by atoms with E-state index in [1.54, 1.807) is 6.08 Å². The molecule has 0 atom stereocenters. The van der Waals surface area contributed by atoms with E-state index in [0.29, 0.717) is 15.8 Å². The summed E-state index contributed by atoms with van der Waals surface area (Å²) < 4.78 is 0.562. The second kappa shape index (κ2) is 4.92. The molecule has 104 valence electrons. The van der Waals surface area contributed by atoms with Gasteiger partial charge in [-0.2, -0.15) is 0 Å². The highest BCUT2D eigenvalue weighted by Crippen LogP contribution is 2.38. The summed E-state index contributed by atoms with van der Waals surface area (Å²) in [6.45, 7) is 0.529. The molecule has 2 heterocycles. The van der Waals surface area contributed by atoms with E-state index in [-0.39, 0.29) is 16.5 Å². The van der Waals surface area contributed by atoms with Crippen LogP contribution in [0.2, 0.25) is 5.02 Å². The van der Waals surface area contributed by atoms with Crippen molar-refractivity contribution in [3.63, 3.8) is 0 Å². The van der Waals surface area contributed by atoms with E-state index in [1.807, 2.05) is 22.6 Å². The van der Waals surface area contributed by atoms with Crippen LogP contribution in [0, 0.1) is 3.57 Å². The fourth-order valence-electron chi connectivity index (χ4n) is 2.35. The molecule has 5 nitrogen and oxygen atoms in total. The van der Waals surface area contributed by atoms with Crippen LogP contribution in [0.1, 0.15) is 12.8 Å². The van der Waals surface area contributed by atoms with Gasteiger partial charge in [0.1, 0.15) is 11.4 Å². The molecule has 0 aliphatic carbocycles. The Kier molecular flexibility index (Phi) is 3.37. The largest absolute Gasteiger partial charge is 0.507 e. The summed E-state index contributed by atoms with van der Waals surface area (Å²) in [6.07, 6.45) is 3.39. The number of carbonyl (C=O) groups is 2. The first-order valence-corrected chi connectivity index (χ1v) is 7.50. The Morgan fingerprint density at radius 3 is 2.75 bits per heavy atom. The van der Waals surface area contributed by atoms with E-state index >= 15 is 0 Å². The molecule has 1 fully saturated rings. The third-order valence-corrected chi connectivity index (χ3v) is 4.48. The van der Waals surface area contributed by atoms with Gasteiger partial charge < -0.3 is 5.11 Å². The maximum atomic E-state index is 12.4. The number of nitrogens with zero attached hydrogens (tertiary/aromatic N) is 2. The van der Waals surface area contributed by atoms with Crippen LogP contribution in [0.3, 0.4) is 0 Å². The normalized spacial score (nSPS) is 18.4. The number of benzene rings is 1. The molecule has 1 N–H and O–H groups in total. The topological polar surface area (TPSA) is 60.9 Å². The minimum Gasteiger partial charge on any atom is -0.507 e. The Bertz CT molecular complexity index is 659. The molecule has 0 aromatic heterocycles. The Labute approximate surface area is 133 Å². The molecule has 20 heavy (non-hydrogen) atoms. The van der Waals surface area contributed by atoms with Crippen molar-refractivity contribution in [2.24, 2.45) is 0 Å². The van der Waals surface area contributed by atoms with E-state index in [0.717, 1.165) is 17.7 Å². The molecular weight excluding hydrogens is 395 g/mol. The van der Waals surface area contributed by atoms with E-state index in [9.17, 15) is 14.7 Å². The molecule has 0 spiro atoms. The van der Waals surface area contributed by atoms with Crippen molar-refractivity contribution < 1.29 is 14.7 Å². The SMILES string of the molecule is O=C1C2=CCCCN2C(=O)N1c1cc(O)c(I)cc1Cl. The van der Waals surface area contributed by atoms with E-state index in [2.05, 4.69) is 0 Å². The van der Waals surface area contributed by atoms with E-state index in [1.165, 1.54) is 17.0 Å². The Morgan fingerprint density at radius 2 is 2.05 bits per heavy atom. The molecule has 7 heteroatoms. The Morgan fingerprint density at radius 1 is 1.30 bits per heavy atom. The van der Waals surface area contributed by atoms with Crippen LogP contribution < -0.4 is 4.90 Å². The lowest BCUT2D eigenvalue weighted by atomic mass is 10.2. The van der Waals surface area contributed by atoms with E-state index in [4.69, 9.17) is 11.6 Å². The van der Waals surface area contributed by atoms with Crippen LogP contribution in [-0.4, -0.2) is 28.5 Å².